The van der Waals surface area contributed by atoms with Crippen LogP contribution < -0.4 is 19.9 Å². The number of carboxylic acids is 1. The summed E-state index contributed by atoms with van der Waals surface area (Å²) in [5, 5.41) is 17.9. The summed E-state index contributed by atoms with van der Waals surface area (Å²) in [4.78, 5) is 29.8. The van der Waals surface area contributed by atoms with E-state index in [-0.39, 0.29) is 11.3 Å². The van der Waals surface area contributed by atoms with Crippen molar-refractivity contribution in [1.29, 1.82) is 0 Å². The lowest BCUT2D eigenvalue weighted by Gasteiger charge is -2.37. The number of ketones is 1. The third-order valence-electron chi connectivity index (χ3n) is 7.85. The number of nitrogens with one attached hydrogen (secondary N) is 1. The third kappa shape index (κ3) is 4.13. The van der Waals surface area contributed by atoms with Crippen LogP contribution in [0.25, 0.3) is 22.2 Å². The normalized spacial score (nSPS) is 14.2. The first-order chi connectivity index (χ1) is 20.0. The van der Waals surface area contributed by atoms with Gasteiger partial charge in [0.05, 0.1) is 35.0 Å². The van der Waals surface area contributed by atoms with Crippen molar-refractivity contribution < 1.29 is 24.0 Å². The van der Waals surface area contributed by atoms with Crippen LogP contribution in [0.15, 0.2) is 83.4 Å². The minimum Gasteiger partial charge on any atom is -0.497 e. The predicted octanol–water partition coefficient (Wildman–Crippen LogP) is 5.82. The summed E-state index contributed by atoms with van der Waals surface area (Å²) in [7, 11) is 1.66. The molecule has 1 aliphatic heterocycles. The molecular weight excluding hydrogens is 520 g/mol. The zero-order valence-electron chi connectivity index (χ0n) is 22.3. The van der Waals surface area contributed by atoms with Gasteiger partial charge in [-0.15, -0.1) is 0 Å². The van der Waals surface area contributed by atoms with Crippen LogP contribution >= 0.6 is 0 Å². The third-order valence-corrected chi connectivity index (χ3v) is 7.85. The van der Waals surface area contributed by atoms with Gasteiger partial charge in [0, 0.05) is 48.7 Å². The molecule has 9 heteroatoms. The highest BCUT2D eigenvalue weighted by atomic mass is 16.5. The average Bonchev–Trinajstić information content (AvgIpc) is 3.46. The van der Waals surface area contributed by atoms with Gasteiger partial charge in [-0.25, -0.2) is 4.79 Å². The van der Waals surface area contributed by atoms with Gasteiger partial charge < -0.3 is 29.5 Å². The van der Waals surface area contributed by atoms with E-state index >= 15 is 0 Å². The monoisotopic (exact) mass is 546 g/mol. The van der Waals surface area contributed by atoms with Gasteiger partial charge in [-0.1, -0.05) is 29.4 Å². The molecule has 0 atom stereocenters. The molecule has 41 heavy (non-hydrogen) atoms. The van der Waals surface area contributed by atoms with Crippen LogP contribution in [0.3, 0.4) is 0 Å². The van der Waals surface area contributed by atoms with Gasteiger partial charge in [0.2, 0.25) is 0 Å². The van der Waals surface area contributed by atoms with Gasteiger partial charge in [0.25, 0.3) is 0 Å². The summed E-state index contributed by atoms with van der Waals surface area (Å²) in [5.74, 6) is 0.298. The van der Waals surface area contributed by atoms with Crippen molar-refractivity contribution in [3.8, 4) is 17.1 Å². The molecule has 2 N–H and O–H groups in total. The number of rotatable bonds is 6. The minimum absolute atomic E-state index is 0.109. The van der Waals surface area contributed by atoms with E-state index in [0.717, 1.165) is 48.9 Å². The lowest BCUT2D eigenvalue weighted by atomic mass is 9.86. The molecule has 0 unspecified atom stereocenters. The smallest absolute Gasteiger partial charge is 0.335 e. The lowest BCUT2D eigenvalue weighted by molar-refractivity contribution is 0.0696. The minimum atomic E-state index is -0.995. The maximum absolute atomic E-state index is 13.9. The number of anilines is 4. The van der Waals surface area contributed by atoms with Crippen molar-refractivity contribution in [1.82, 2.24) is 5.16 Å². The SMILES string of the molecule is COc1ccc(N2CCN(c3cc(Nc4ccc(C(=O)O)cc4)c4c5c(onc35)-c3ccccc3C4=O)CC2)cc1. The van der Waals surface area contributed by atoms with Crippen molar-refractivity contribution in [2.45, 2.75) is 0 Å². The molecular formula is C32H26N4O5. The molecule has 5 aromatic rings. The van der Waals surface area contributed by atoms with Crippen LogP contribution in [0.5, 0.6) is 5.75 Å². The molecule has 0 bridgehead atoms. The summed E-state index contributed by atoms with van der Waals surface area (Å²) in [6.07, 6.45) is 0. The van der Waals surface area contributed by atoms with Crippen molar-refractivity contribution in [2.75, 3.05) is 48.4 Å². The lowest BCUT2D eigenvalue weighted by Crippen LogP contribution is -2.46. The van der Waals surface area contributed by atoms with E-state index in [4.69, 9.17) is 9.26 Å². The van der Waals surface area contributed by atoms with E-state index in [2.05, 4.69) is 32.4 Å². The topological polar surface area (TPSA) is 108 Å². The second-order valence-electron chi connectivity index (χ2n) is 10.1. The first-order valence-corrected chi connectivity index (χ1v) is 13.4. The highest BCUT2D eigenvalue weighted by Gasteiger charge is 2.34. The zero-order chi connectivity index (χ0) is 28.1. The second kappa shape index (κ2) is 9.71. The Morgan fingerprint density at radius 1 is 0.927 bits per heavy atom. The number of fused-ring (bicyclic) bond motifs is 2. The Bertz CT molecular complexity index is 1800. The summed E-state index contributed by atoms with van der Waals surface area (Å²) >= 11 is 0. The number of nitrogens with zero attached hydrogens (tertiary/aromatic N) is 3. The summed E-state index contributed by atoms with van der Waals surface area (Å²) in [5.41, 5.74) is 5.94. The molecule has 2 aliphatic rings. The number of carbonyl (C=O) groups excluding carboxylic acids is 1. The number of ether oxygens (including phenoxy) is 1. The standard InChI is InChI=1S/C32H26N4O5/c1-40-22-12-10-21(11-13-22)35-14-16-36(17-15-35)26-18-25(33-20-8-6-19(7-9-20)32(38)39)27-28-29(26)34-41-31(28)24-5-3-2-4-23(24)30(27)37/h2-13,18,33H,14-17H2,1H3,(H,38,39). The second-order valence-corrected chi connectivity index (χ2v) is 10.1. The fraction of sp³-hybridized carbons (Fsp3) is 0.156. The van der Waals surface area contributed by atoms with E-state index in [9.17, 15) is 14.7 Å². The van der Waals surface area contributed by atoms with Crippen molar-refractivity contribution in [3.63, 3.8) is 0 Å². The maximum Gasteiger partial charge on any atom is 0.335 e. The quantitative estimate of drug-likeness (QED) is 0.267. The first-order valence-electron chi connectivity index (χ1n) is 13.4. The molecule has 0 saturated carbocycles. The van der Waals surface area contributed by atoms with Crippen LogP contribution in [-0.4, -0.2) is 55.3 Å². The number of benzene rings is 4. The number of piperazine rings is 1. The van der Waals surface area contributed by atoms with Crippen LogP contribution in [0.1, 0.15) is 26.3 Å². The summed E-state index contributed by atoms with van der Waals surface area (Å²) in [6.45, 7) is 3.11. The summed E-state index contributed by atoms with van der Waals surface area (Å²) < 4.78 is 11.2. The number of aromatic nitrogens is 1. The van der Waals surface area contributed by atoms with E-state index in [1.165, 1.54) is 12.1 Å². The van der Waals surface area contributed by atoms with Gasteiger partial charge in [0.15, 0.2) is 11.5 Å². The van der Waals surface area contributed by atoms with Gasteiger partial charge in [-0.05, 0) is 54.6 Å². The number of methoxy groups -OCH3 is 1. The van der Waals surface area contributed by atoms with Crippen LogP contribution in [-0.2, 0) is 0 Å². The molecule has 1 aromatic heterocycles. The Morgan fingerprint density at radius 2 is 1.61 bits per heavy atom. The molecule has 9 nitrogen and oxygen atoms in total. The maximum atomic E-state index is 13.9. The average molecular weight is 547 g/mol. The number of carboxylic acid groups (broad SMARTS) is 1. The molecule has 1 fully saturated rings. The molecule has 1 aliphatic carbocycles. The van der Waals surface area contributed by atoms with E-state index in [0.29, 0.717) is 39.2 Å². The molecule has 1 saturated heterocycles. The van der Waals surface area contributed by atoms with E-state index in [1.807, 2.05) is 36.4 Å². The van der Waals surface area contributed by atoms with Gasteiger partial charge >= 0.3 is 5.97 Å². The van der Waals surface area contributed by atoms with Gasteiger partial charge in [0.1, 0.15) is 11.3 Å². The summed E-state index contributed by atoms with van der Waals surface area (Å²) in [6, 6.07) is 23.9. The Balaban J connectivity index is 1.29. The highest BCUT2D eigenvalue weighted by Crippen LogP contribution is 2.46. The molecule has 0 amide bonds. The zero-order valence-corrected chi connectivity index (χ0v) is 22.3. The Kier molecular flexibility index (Phi) is 5.85. The van der Waals surface area contributed by atoms with E-state index < -0.39 is 5.97 Å². The molecule has 0 spiro atoms. The number of hydrogen-bond acceptors (Lipinski definition) is 8. The molecule has 204 valence electrons. The molecule has 4 aromatic carbocycles. The van der Waals surface area contributed by atoms with Gasteiger partial charge in [-0.3, -0.25) is 4.79 Å². The number of aromatic carboxylic acids is 1. The van der Waals surface area contributed by atoms with Crippen LogP contribution in [0, 0.1) is 0 Å². The first kappa shape index (κ1) is 24.7. The molecule has 2 heterocycles. The van der Waals surface area contributed by atoms with Crippen LogP contribution in [0.4, 0.5) is 22.7 Å². The number of carbonyl (C=O) groups is 2. The Labute approximate surface area is 235 Å². The highest BCUT2D eigenvalue weighted by molar-refractivity contribution is 6.28. The van der Waals surface area contributed by atoms with Crippen molar-refractivity contribution in [2.24, 2.45) is 0 Å². The van der Waals surface area contributed by atoms with Crippen molar-refractivity contribution >= 4 is 45.4 Å². The largest absolute Gasteiger partial charge is 0.497 e. The van der Waals surface area contributed by atoms with E-state index in [1.54, 1.807) is 25.3 Å². The molecule has 7 rings (SSSR count). The fourth-order valence-electron chi connectivity index (χ4n) is 5.73. The van der Waals surface area contributed by atoms with Gasteiger partial charge in [-0.2, -0.15) is 0 Å². The predicted molar refractivity (Wildman–Crippen MR) is 157 cm³/mol. The molecule has 0 radical (unpaired) electrons. The number of hydrogen-bond donors (Lipinski definition) is 2. The fourth-order valence-corrected chi connectivity index (χ4v) is 5.73. The van der Waals surface area contributed by atoms with Crippen molar-refractivity contribution in [3.05, 3.63) is 95.6 Å². The Hall–Kier alpha value is -5.31. The van der Waals surface area contributed by atoms with Crippen LogP contribution in [0.2, 0.25) is 0 Å². The Morgan fingerprint density at radius 3 is 2.29 bits per heavy atom.